The third-order valence-electron chi connectivity index (χ3n) is 4.50. The Hall–Kier alpha value is -1.10. The van der Waals surface area contributed by atoms with E-state index in [1.807, 2.05) is 4.90 Å². The number of rotatable bonds is 4. The normalized spacial score (nSPS) is 24.4. The van der Waals surface area contributed by atoms with Crippen LogP contribution in [0.15, 0.2) is 0 Å². The molecule has 0 radical (unpaired) electrons. The third kappa shape index (κ3) is 4.20. The molecule has 2 aliphatic rings. The van der Waals surface area contributed by atoms with Crippen molar-refractivity contribution < 1.29 is 14.3 Å². The molecule has 1 amide bonds. The number of hydrogen-bond acceptors (Lipinski definition) is 4. The van der Waals surface area contributed by atoms with E-state index in [0.717, 1.165) is 51.7 Å². The van der Waals surface area contributed by atoms with Crippen molar-refractivity contribution in [2.75, 3.05) is 26.7 Å². The van der Waals surface area contributed by atoms with Gasteiger partial charge >= 0.3 is 5.97 Å². The van der Waals surface area contributed by atoms with Gasteiger partial charge in [0, 0.05) is 19.0 Å². The molecule has 0 spiro atoms. The van der Waals surface area contributed by atoms with Gasteiger partial charge in [-0.1, -0.05) is 0 Å². The SMILES string of the molecule is COC(=O)CC1CCCCN1C(=O)CC1CCNCC1. The minimum absolute atomic E-state index is 0.0467. The highest BCUT2D eigenvalue weighted by Crippen LogP contribution is 2.24. The fourth-order valence-electron chi connectivity index (χ4n) is 3.27. The summed E-state index contributed by atoms with van der Waals surface area (Å²) < 4.78 is 4.75. The van der Waals surface area contributed by atoms with Crippen LogP contribution < -0.4 is 5.32 Å². The molecule has 2 aliphatic heterocycles. The van der Waals surface area contributed by atoms with Gasteiger partial charge in [0.2, 0.25) is 5.91 Å². The molecule has 114 valence electrons. The zero-order chi connectivity index (χ0) is 14.4. The predicted octanol–water partition coefficient (Wildman–Crippen LogP) is 1.32. The molecule has 2 heterocycles. The van der Waals surface area contributed by atoms with Gasteiger partial charge in [0.05, 0.1) is 13.5 Å². The van der Waals surface area contributed by atoms with E-state index >= 15 is 0 Å². The monoisotopic (exact) mass is 282 g/mol. The van der Waals surface area contributed by atoms with E-state index in [-0.39, 0.29) is 17.9 Å². The maximum absolute atomic E-state index is 12.5. The molecule has 2 fully saturated rings. The Kier molecular flexibility index (Phi) is 5.83. The van der Waals surface area contributed by atoms with Gasteiger partial charge in [0.25, 0.3) is 0 Å². The van der Waals surface area contributed by atoms with Gasteiger partial charge in [-0.15, -0.1) is 0 Å². The zero-order valence-electron chi connectivity index (χ0n) is 12.4. The Balaban J connectivity index is 1.88. The minimum atomic E-state index is -0.212. The van der Waals surface area contributed by atoms with Crippen LogP contribution in [0.3, 0.4) is 0 Å². The number of piperidine rings is 2. The highest BCUT2D eigenvalue weighted by molar-refractivity contribution is 5.78. The number of ether oxygens (including phenoxy) is 1. The number of carbonyl (C=O) groups is 2. The highest BCUT2D eigenvalue weighted by atomic mass is 16.5. The van der Waals surface area contributed by atoms with Crippen LogP contribution in [-0.4, -0.2) is 49.6 Å². The Labute approximate surface area is 121 Å². The van der Waals surface area contributed by atoms with Crippen LogP contribution in [0, 0.1) is 5.92 Å². The minimum Gasteiger partial charge on any atom is -0.469 e. The molecule has 1 atom stereocenters. The largest absolute Gasteiger partial charge is 0.469 e. The van der Waals surface area contributed by atoms with E-state index in [4.69, 9.17) is 4.74 Å². The molecule has 1 N–H and O–H groups in total. The quantitative estimate of drug-likeness (QED) is 0.790. The van der Waals surface area contributed by atoms with Gasteiger partial charge in [0.1, 0.15) is 0 Å². The number of likely N-dealkylation sites (tertiary alicyclic amines) is 1. The lowest BCUT2D eigenvalue weighted by atomic mass is 9.92. The average molecular weight is 282 g/mol. The molecular weight excluding hydrogens is 256 g/mol. The number of methoxy groups -OCH3 is 1. The molecule has 0 bridgehead atoms. The second-order valence-corrected chi connectivity index (χ2v) is 5.91. The summed E-state index contributed by atoms with van der Waals surface area (Å²) in [7, 11) is 1.41. The van der Waals surface area contributed by atoms with Crippen molar-refractivity contribution >= 4 is 11.9 Å². The van der Waals surface area contributed by atoms with E-state index in [0.29, 0.717) is 18.8 Å². The van der Waals surface area contributed by atoms with Crippen LogP contribution in [0.25, 0.3) is 0 Å². The van der Waals surface area contributed by atoms with Gasteiger partial charge in [0.15, 0.2) is 0 Å². The summed E-state index contributed by atoms with van der Waals surface area (Å²) in [5.74, 6) is 0.520. The van der Waals surface area contributed by atoms with Crippen LogP contribution in [0.1, 0.15) is 44.9 Å². The first kappa shape index (κ1) is 15.3. The summed E-state index contributed by atoms with van der Waals surface area (Å²) in [6.45, 7) is 2.83. The summed E-state index contributed by atoms with van der Waals surface area (Å²) in [6, 6.07) is 0.0467. The summed E-state index contributed by atoms with van der Waals surface area (Å²) in [5.41, 5.74) is 0. The number of nitrogens with one attached hydrogen (secondary N) is 1. The van der Waals surface area contributed by atoms with Gasteiger partial charge in [-0.25, -0.2) is 0 Å². The molecule has 0 aromatic carbocycles. The summed E-state index contributed by atoms with van der Waals surface area (Å²) in [4.78, 5) is 25.9. The average Bonchev–Trinajstić information content (AvgIpc) is 2.48. The standard InChI is InChI=1S/C15H26N2O3/c1-20-15(19)11-13-4-2-3-9-17(13)14(18)10-12-5-7-16-8-6-12/h12-13,16H,2-11H2,1H3. The van der Waals surface area contributed by atoms with Crippen LogP contribution in [-0.2, 0) is 14.3 Å². The summed E-state index contributed by atoms with van der Waals surface area (Å²) in [5, 5.41) is 3.32. The van der Waals surface area contributed by atoms with E-state index in [9.17, 15) is 9.59 Å². The van der Waals surface area contributed by atoms with Crippen molar-refractivity contribution in [1.29, 1.82) is 0 Å². The van der Waals surface area contributed by atoms with Crippen LogP contribution in [0.2, 0.25) is 0 Å². The van der Waals surface area contributed by atoms with Gasteiger partial charge in [-0.2, -0.15) is 0 Å². The van der Waals surface area contributed by atoms with Crippen LogP contribution in [0.4, 0.5) is 0 Å². The molecular formula is C15H26N2O3. The number of carbonyl (C=O) groups excluding carboxylic acids is 2. The lowest BCUT2D eigenvalue weighted by Gasteiger charge is -2.36. The van der Waals surface area contributed by atoms with E-state index < -0.39 is 0 Å². The smallest absolute Gasteiger partial charge is 0.307 e. The maximum atomic E-state index is 12.5. The second-order valence-electron chi connectivity index (χ2n) is 5.91. The maximum Gasteiger partial charge on any atom is 0.307 e. The molecule has 2 saturated heterocycles. The van der Waals surface area contributed by atoms with E-state index in [1.165, 1.54) is 7.11 Å². The third-order valence-corrected chi connectivity index (χ3v) is 4.50. The zero-order valence-corrected chi connectivity index (χ0v) is 12.4. The number of nitrogens with zero attached hydrogens (tertiary/aromatic N) is 1. The molecule has 0 aliphatic carbocycles. The van der Waals surface area contributed by atoms with Crippen LogP contribution >= 0.6 is 0 Å². The number of amides is 1. The van der Waals surface area contributed by atoms with Crippen molar-refractivity contribution in [2.45, 2.75) is 51.0 Å². The van der Waals surface area contributed by atoms with Gasteiger partial charge in [-0.3, -0.25) is 9.59 Å². The molecule has 5 nitrogen and oxygen atoms in total. The molecule has 0 saturated carbocycles. The Bertz CT molecular complexity index is 340. The van der Waals surface area contributed by atoms with Crippen molar-refractivity contribution in [3.8, 4) is 0 Å². The number of esters is 1. The predicted molar refractivity (Wildman–Crippen MR) is 76.2 cm³/mol. The fourth-order valence-corrected chi connectivity index (χ4v) is 3.27. The first-order chi connectivity index (χ1) is 9.70. The Morgan fingerprint density at radius 3 is 2.60 bits per heavy atom. The Morgan fingerprint density at radius 2 is 1.90 bits per heavy atom. The lowest BCUT2D eigenvalue weighted by molar-refractivity contribution is -0.145. The van der Waals surface area contributed by atoms with Crippen LogP contribution in [0.5, 0.6) is 0 Å². The first-order valence-electron chi connectivity index (χ1n) is 7.77. The first-order valence-corrected chi connectivity index (χ1v) is 7.77. The molecule has 0 aromatic heterocycles. The second kappa shape index (κ2) is 7.62. The van der Waals surface area contributed by atoms with Crippen molar-refractivity contribution in [1.82, 2.24) is 10.2 Å². The highest BCUT2D eigenvalue weighted by Gasteiger charge is 2.30. The van der Waals surface area contributed by atoms with Crippen molar-refractivity contribution in [3.05, 3.63) is 0 Å². The molecule has 0 aromatic rings. The molecule has 2 rings (SSSR count). The lowest BCUT2D eigenvalue weighted by Crippen LogP contribution is -2.45. The van der Waals surface area contributed by atoms with E-state index in [2.05, 4.69) is 5.32 Å². The number of hydrogen-bond donors (Lipinski definition) is 1. The van der Waals surface area contributed by atoms with Crippen molar-refractivity contribution in [3.63, 3.8) is 0 Å². The Morgan fingerprint density at radius 1 is 1.15 bits per heavy atom. The summed E-state index contributed by atoms with van der Waals surface area (Å²) >= 11 is 0. The van der Waals surface area contributed by atoms with Crippen molar-refractivity contribution in [2.24, 2.45) is 5.92 Å². The topological polar surface area (TPSA) is 58.6 Å². The fraction of sp³-hybridized carbons (Fsp3) is 0.867. The van der Waals surface area contributed by atoms with Gasteiger partial charge in [-0.05, 0) is 51.1 Å². The molecule has 5 heteroatoms. The molecule has 1 unspecified atom stereocenters. The molecule has 20 heavy (non-hydrogen) atoms. The van der Waals surface area contributed by atoms with Gasteiger partial charge < -0.3 is 15.0 Å². The summed E-state index contributed by atoms with van der Waals surface area (Å²) in [6.07, 6.45) is 6.22. The van der Waals surface area contributed by atoms with E-state index in [1.54, 1.807) is 0 Å².